The molecule has 0 radical (unpaired) electrons. The monoisotopic (exact) mass is 378 g/mol. The molecule has 0 fully saturated rings. The second kappa shape index (κ2) is 7.29. The Morgan fingerprint density at radius 3 is 2.35 bits per heavy atom. The number of nitriles is 1. The van der Waals surface area contributed by atoms with Crippen molar-refractivity contribution in [1.29, 1.82) is 5.26 Å². The fourth-order valence-corrected chi connectivity index (χ4v) is 2.34. The van der Waals surface area contributed by atoms with Crippen LogP contribution in [-0.2, 0) is 19.3 Å². The smallest absolute Gasteiger partial charge is 0.417 e. The normalized spacial score (nSPS) is 12.1. The highest BCUT2D eigenvalue weighted by Crippen LogP contribution is 2.35. The zero-order chi connectivity index (χ0) is 19.5. The Hall–Kier alpha value is -2.67. The van der Waals surface area contributed by atoms with Gasteiger partial charge in [0.25, 0.3) is 0 Å². The van der Waals surface area contributed by atoms with Crippen molar-refractivity contribution in [3.63, 3.8) is 0 Å². The van der Waals surface area contributed by atoms with Gasteiger partial charge in [0.05, 0.1) is 36.6 Å². The van der Waals surface area contributed by atoms with Crippen molar-refractivity contribution < 1.29 is 35.9 Å². The van der Waals surface area contributed by atoms with Crippen molar-refractivity contribution >= 4 is 5.69 Å². The maximum absolute atomic E-state index is 13.1. The first-order chi connectivity index (χ1) is 12.0. The number of benzene rings is 1. The van der Waals surface area contributed by atoms with Crippen molar-refractivity contribution in [2.75, 3.05) is 11.4 Å². The Balaban J connectivity index is 2.47. The molecular weight excluding hydrogens is 366 g/mol. The molecule has 2 rings (SSSR count). The lowest BCUT2D eigenvalue weighted by molar-refractivity contribution is -0.137. The first kappa shape index (κ1) is 19.7. The van der Waals surface area contributed by atoms with Crippen LogP contribution in [0.4, 0.5) is 32.0 Å². The molecule has 1 heterocycles. The molecule has 10 heteroatoms. The fraction of sp³-hybridized carbons (Fsp3) is 0.312. The molecular formula is C16H12F6N2O2. The molecule has 0 amide bonds. The molecule has 0 bridgehead atoms. The number of hydrogen-bond donors (Lipinski definition) is 1. The minimum atomic E-state index is -4.90. The van der Waals surface area contributed by atoms with Crippen LogP contribution in [-0.4, -0.2) is 17.8 Å². The summed E-state index contributed by atoms with van der Waals surface area (Å²) >= 11 is 0. The first-order valence-electron chi connectivity index (χ1n) is 7.14. The molecule has 0 saturated carbocycles. The molecule has 1 N–H and O–H groups in total. The number of furan rings is 1. The average molecular weight is 378 g/mol. The van der Waals surface area contributed by atoms with E-state index in [2.05, 4.69) is 0 Å². The molecule has 0 atom stereocenters. The van der Waals surface area contributed by atoms with Gasteiger partial charge in [0.15, 0.2) is 0 Å². The lowest BCUT2D eigenvalue weighted by Crippen LogP contribution is -2.34. The van der Waals surface area contributed by atoms with Crippen LogP contribution in [0.25, 0.3) is 0 Å². The van der Waals surface area contributed by atoms with E-state index < -0.39 is 43.2 Å². The van der Waals surface area contributed by atoms with Crippen LogP contribution in [0.1, 0.15) is 22.5 Å². The molecule has 0 unspecified atom stereocenters. The molecule has 26 heavy (non-hydrogen) atoms. The third-order valence-corrected chi connectivity index (χ3v) is 3.51. The van der Waals surface area contributed by atoms with Gasteiger partial charge in [-0.2, -0.15) is 31.6 Å². The van der Waals surface area contributed by atoms with E-state index in [4.69, 9.17) is 14.8 Å². The highest BCUT2D eigenvalue weighted by molar-refractivity contribution is 5.55. The van der Waals surface area contributed by atoms with Gasteiger partial charge in [0.2, 0.25) is 0 Å². The predicted octanol–water partition coefficient (Wildman–Crippen LogP) is 4.23. The number of aliphatic hydroxyl groups excluding tert-OH is 1. The van der Waals surface area contributed by atoms with Gasteiger partial charge >= 0.3 is 12.4 Å². The van der Waals surface area contributed by atoms with E-state index in [0.717, 1.165) is 18.4 Å². The van der Waals surface area contributed by atoms with Crippen molar-refractivity contribution in [2.24, 2.45) is 0 Å². The largest absolute Gasteiger partial charge is 0.467 e. The van der Waals surface area contributed by atoms with Crippen LogP contribution in [0.2, 0.25) is 0 Å². The van der Waals surface area contributed by atoms with E-state index in [-0.39, 0.29) is 17.0 Å². The van der Waals surface area contributed by atoms with Crippen LogP contribution in [0.15, 0.2) is 34.9 Å². The lowest BCUT2D eigenvalue weighted by Gasteiger charge is -2.26. The van der Waals surface area contributed by atoms with Crippen molar-refractivity contribution in [1.82, 2.24) is 0 Å². The Morgan fingerprint density at radius 1 is 1.12 bits per heavy atom. The fourth-order valence-electron chi connectivity index (χ4n) is 2.34. The van der Waals surface area contributed by atoms with Gasteiger partial charge in [-0.3, -0.25) is 0 Å². The summed E-state index contributed by atoms with van der Waals surface area (Å²) in [5, 5.41) is 17.9. The summed E-state index contributed by atoms with van der Waals surface area (Å²) in [6.45, 7) is -2.54. The minimum absolute atomic E-state index is 0.00494. The van der Waals surface area contributed by atoms with Crippen LogP contribution >= 0.6 is 0 Å². The molecule has 0 aliphatic heterocycles. The van der Waals surface area contributed by atoms with Crippen LogP contribution < -0.4 is 4.90 Å². The van der Waals surface area contributed by atoms with E-state index in [1.807, 2.05) is 0 Å². The van der Waals surface area contributed by atoms with E-state index in [1.165, 1.54) is 12.1 Å². The van der Waals surface area contributed by atoms with Gasteiger partial charge in [0, 0.05) is 11.3 Å². The van der Waals surface area contributed by atoms with E-state index in [9.17, 15) is 26.3 Å². The summed E-state index contributed by atoms with van der Waals surface area (Å²) in [5.41, 5.74) is -2.18. The van der Waals surface area contributed by atoms with Crippen molar-refractivity contribution in [3.05, 3.63) is 53.0 Å². The van der Waals surface area contributed by atoms with Crippen LogP contribution in [0.3, 0.4) is 0 Å². The van der Waals surface area contributed by atoms with Gasteiger partial charge < -0.3 is 14.4 Å². The predicted molar refractivity (Wildman–Crippen MR) is 77.9 cm³/mol. The Labute approximate surface area is 143 Å². The van der Waals surface area contributed by atoms with Crippen molar-refractivity contribution in [3.8, 4) is 6.07 Å². The number of anilines is 1. The quantitative estimate of drug-likeness (QED) is 0.791. The van der Waals surface area contributed by atoms with E-state index >= 15 is 0 Å². The summed E-state index contributed by atoms with van der Waals surface area (Å²) in [7, 11) is 0. The molecule has 0 spiro atoms. The van der Waals surface area contributed by atoms with Crippen LogP contribution in [0.5, 0.6) is 0 Å². The summed E-state index contributed by atoms with van der Waals surface area (Å²) in [5.74, 6) is -0.00494. The second-order valence-corrected chi connectivity index (χ2v) is 5.34. The molecule has 1 aromatic carbocycles. The third kappa shape index (κ3) is 4.70. The molecule has 0 aliphatic rings. The lowest BCUT2D eigenvalue weighted by atomic mass is 10.1. The summed E-state index contributed by atoms with van der Waals surface area (Å²) < 4.78 is 82.9. The SMILES string of the molecule is N#Cc1ccc(N(Cc2occc2CO)CC(F)(F)F)cc1C(F)(F)F. The van der Waals surface area contributed by atoms with Gasteiger partial charge in [-0.25, -0.2) is 0 Å². The summed E-state index contributed by atoms with van der Waals surface area (Å²) in [6, 6.07) is 5.03. The highest BCUT2D eigenvalue weighted by atomic mass is 19.4. The van der Waals surface area contributed by atoms with Gasteiger partial charge in [-0.1, -0.05) is 0 Å². The van der Waals surface area contributed by atoms with E-state index in [1.54, 1.807) is 0 Å². The van der Waals surface area contributed by atoms with E-state index in [0.29, 0.717) is 11.0 Å². The molecule has 140 valence electrons. The minimum Gasteiger partial charge on any atom is -0.467 e. The molecule has 4 nitrogen and oxygen atoms in total. The molecule has 1 aromatic heterocycles. The average Bonchev–Trinajstić information content (AvgIpc) is 2.98. The Kier molecular flexibility index (Phi) is 5.51. The molecule has 0 saturated heterocycles. The Bertz CT molecular complexity index is 804. The molecule has 0 aliphatic carbocycles. The number of rotatable bonds is 5. The zero-order valence-electron chi connectivity index (χ0n) is 13.0. The number of alkyl halides is 6. The van der Waals surface area contributed by atoms with Gasteiger partial charge in [-0.15, -0.1) is 0 Å². The zero-order valence-corrected chi connectivity index (χ0v) is 13.0. The van der Waals surface area contributed by atoms with Gasteiger partial charge in [-0.05, 0) is 24.3 Å². The second-order valence-electron chi connectivity index (χ2n) is 5.34. The molecule has 2 aromatic rings. The number of aliphatic hydroxyl groups is 1. The summed E-state index contributed by atoms with van der Waals surface area (Å²) in [6.07, 6.45) is -8.43. The van der Waals surface area contributed by atoms with Crippen molar-refractivity contribution in [2.45, 2.75) is 25.5 Å². The number of nitrogens with zero attached hydrogens (tertiary/aromatic N) is 2. The van der Waals surface area contributed by atoms with Gasteiger partial charge in [0.1, 0.15) is 12.3 Å². The number of hydrogen-bond acceptors (Lipinski definition) is 4. The third-order valence-electron chi connectivity index (χ3n) is 3.51. The topological polar surface area (TPSA) is 60.4 Å². The maximum atomic E-state index is 13.1. The maximum Gasteiger partial charge on any atom is 0.417 e. The number of halogens is 6. The first-order valence-corrected chi connectivity index (χ1v) is 7.14. The van der Waals surface area contributed by atoms with Crippen LogP contribution in [0, 0.1) is 11.3 Å². The Morgan fingerprint density at radius 2 is 1.81 bits per heavy atom. The highest BCUT2D eigenvalue weighted by Gasteiger charge is 2.36. The standard InChI is InChI=1S/C16H12F6N2O2/c17-15(18,19)9-24(7-14-11(8-25)3-4-26-14)12-2-1-10(6-23)13(5-12)16(20,21)22/h1-5,25H,7-9H2. The summed E-state index contributed by atoms with van der Waals surface area (Å²) in [4.78, 5) is 0.633.